The van der Waals surface area contributed by atoms with Crippen LogP contribution in [-0.4, -0.2) is 93.7 Å². The Morgan fingerprint density at radius 1 is 0.875 bits per heavy atom. The summed E-state index contributed by atoms with van der Waals surface area (Å²) < 4.78 is 0. The highest BCUT2D eigenvalue weighted by Crippen LogP contribution is 2.13. The number of phenols is 1. The van der Waals surface area contributed by atoms with Crippen LogP contribution in [0.3, 0.4) is 0 Å². The molecule has 0 heterocycles. The maximum Gasteiger partial charge on any atom is 0.328 e. The van der Waals surface area contributed by atoms with Crippen LogP contribution in [0, 0.1) is 5.92 Å². The lowest BCUT2D eigenvalue weighted by molar-refractivity contribution is -0.143. The van der Waals surface area contributed by atoms with E-state index < -0.39 is 66.4 Å². The van der Waals surface area contributed by atoms with Crippen LogP contribution < -0.4 is 27.0 Å². The molecule has 0 fully saturated rings. The quantitative estimate of drug-likeness (QED) is 0.113. The number of aliphatic carboxylic acids is 1. The molecule has 0 unspecified atom stereocenters. The molecule has 0 radical (unpaired) electrons. The van der Waals surface area contributed by atoms with Gasteiger partial charge < -0.3 is 42.3 Å². The molecule has 6 atom stereocenters. The van der Waals surface area contributed by atoms with Crippen LogP contribution in [0.15, 0.2) is 24.3 Å². The second kappa shape index (κ2) is 17.4. The molecule has 9 N–H and O–H groups in total. The van der Waals surface area contributed by atoms with Crippen molar-refractivity contribution in [3.63, 3.8) is 0 Å². The van der Waals surface area contributed by atoms with Gasteiger partial charge in [-0.05, 0) is 49.0 Å². The van der Waals surface area contributed by atoms with E-state index in [1.807, 2.05) is 13.8 Å². The number of nitrogens with two attached hydrogens (primary N) is 1. The van der Waals surface area contributed by atoms with Crippen LogP contribution in [-0.2, 0) is 30.4 Å². The second-order valence-corrected chi connectivity index (χ2v) is 10.5. The molecule has 1 aromatic rings. The number of amides is 4. The van der Waals surface area contributed by atoms with Gasteiger partial charge in [-0.25, -0.2) is 4.79 Å². The highest BCUT2D eigenvalue weighted by Gasteiger charge is 2.30. The van der Waals surface area contributed by atoms with Crippen molar-refractivity contribution in [3.05, 3.63) is 29.8 Å². The molecule has 0 spiro atoms. The number of carboxylic acids is 1. The summed E-state index contributed by atoms with van der Waals surface area (Å²) in [6.07, 6.45) is 2.67. The van der Waals surface area contributed by atoms with Gasteiger partial charge in [0.25, 0.3) is 0 Å². The summed E-state index contributed by atoms with van der Waals surface area (Å²) in [7, 11) is 0. The van der Waals surface area contributed by atoms with Gasteiger partial charge >= 0.3 is 5.97 Å². The standard InChI is InChI=1S/C26H41N5O8S/c1-5-14(2)21(27)25(37)30-19(12-16-6-8-17(33)9-7-16)24(36)28-15(3)22(34)29-18(10-11-40-4)23(35)31-20(13-32)26(38)39/h6-9,14-15,18-21,32-33H,5,10-13,27H2,1-4H3,(H,28,36)(H,29,34)(H,30,37)(H,31,35)(H,38,39)/t14-,15-,18-,19-,20-,21-/m0/s1. The molecule has 1 aromatic carbocycles. The Balaban J connectivity index is 3.01. The van der Waals surface area contributed by atoms with Crippen LogP contribution in [0.5, 0.6) is 5.75 Å². The lowest BCUT2D eigenvalue weighted by Crippen LogP contribution is -2.58. The molecular formula is C26H41N5O8S. The Labute approximate surface area is 238 Å². The predicted molar refractivity (Wildman–Crippen MR) is 150 cm³/mol. The number of carbonyl (C=O) groups is 5. The first-order valence-electron chi connectivity index (χ1n) is 12.9. The van der Waals surface area contributed by atoms with Gasteiger partial charge in [0.1, 0.15) is 29.9 Å². The van der Waals surface area contributed by atoms with Gasteiger partial charge in [-0.2, -0.15) is 11.8 Å². The summed E-state index contributed by atoms with van der Waals surface area (Å²) in [6, 6.07) is 0.336. The first kappa shape index (κ1) is 34.7. The Morgan fingerprint density at radius 3 is 1.95 bits per heavy atom. The largest absolute Gasteiger partial charge is 0.508 e. The fourth-order valence-electron chi connectivity index (χ4n) is 3.50. The number of hydrogen-bond donors (Lipinski definition) is 8. The molecule has 13 nitrogen and oxygen atoms in total. The summed E-state index contributed by atoms with van der Waals surface area (Å²) in [5.74, 6) is -3.78. The topological polar surface area (TPSA) is 220 Å². The zero-order chi connectivity index (χ0) is 30.4. The number of aromatic hydroxyl groups is 1. The van der Waals surface area contributed by atoms with Gasteiger partial charge in [0.2, 0.25) is 23.6 Å². The van der Waals surface area contributed by atoms with Gasteiger partial charge in [0.15, 0.2) is 0 Å². The van der Waals surface area contributed by atoms with E-state index in [9.17, 15) is 34.2 Å². The van der Waals surface area contributed by atoms with Gasteiger partial charge in [-0.15, -0.1) is 0 Å². The molecule has 1 rings (SSSR count). The van der Waals surface area contributed by atoms with Crippen molar-refractivity contribution in [2.24, 2.45) is 11.7 Å². The number of rotatable bonds is 17. The molecule has 0 aliphatic rings. The minimum atomic E-state index is -1.54. The smallest absolute Gasteiger partial charge is 0.328 e. The third kappa shape index (κ3) is 11.4. The van der Waals surface area contributed by atoms with Crippen molar-refractivity contribution in [1.29, 1.82) is 0 Å². The SMILES string of the molecule is CC[C@H](C)[C@H](N)C(=O)N[C@@H](Cc1ccc(O)cc1)C(=O)N[C@@H](C)C(=O)N[C@@H](CCSC)C(=O)N[C@@H](CO)C(=O)O. The maximum absolute atomic E-state index is 13.2. The van der Waals surface area contributed by atoms with Crippen LogP contribution in [0.2, 0.25) is 0 Å². The third-order valence-corrected chi connectivity index (χ3v) is 7.01. The molecular weight excluding hydrogens is 542 g/mol. The number of carboxylic acid groups (broad SMARTS) is 1. The van der Waals surface area contributed by atoms with E-state index in [0.717, 1.165) is 0 Å². The van der Waals surface area contributed by atoms with Crippen LogP contribution in [0.4, 0.5) is 0 Å². The molecule has 0 bridgehead atoms. The van der Waals surface area contributed by atoms with E-state index in [0.29, 0.717) is 17.7 Å². The number of aliphatic hydroxyl groups excluding tert-OH is 1. The number of carbonyl (C=O) groups excluding carboxylic acids is 4. The van der Waals surface area contributed by atoms with Crippen LogP contribution >= 0.6 is 11.8 Å². The highest BCUT2D eigenvalue weighted by molar-refractivity contribution is 7.98. The molecule has 0 aliphatic heterocycles. The summed E-state index contributed by atoms with van der Waals surface area (Å²) in [6.45, 7) is 4.27. The fraction of sp³-hybridized carbons (Fsp3) is 0.577. The van der Waals surface area contributed by atoms with Crippen molar-refractivity contribution >= 4 is 41.4 Å². The Hall–Kier alpha value is -3.36. The maximum atomic E-state index is 13.2. The molecule has 0 aromatic heterocycles. The molecule has 0 saturated carbocycles. The predicted octanol–water partition coefficient (Wildman–Crippen LogP) is -0.903. The minimum Gasteiger partial charge on any atom is -0.508 e. The van der Waals surface area contributed by atoms with Gasteiger partial charge in [-0.3, -0.25) is 19.2 Å². The summed E-state index contributed by atoms with van der Waals surface area (Å²) in [5.41, 5.74) is 6.67. The van der Waals surface area contributed by atoms with Gasteiger partial charge in [0.05, 0.1) is 12.6 Å². The number of nitrogens with one attached hydrogen (secondary N) is 4. The van der Waals surface area contributed by atoms with Crippen LogP contribution in [0.25, 0.3) is 0 Å². The summed E-state index contributed by atoms with van der Waals surface area (Å²) in [4.78, 5) is 62.7. The van der Waals surface area contributed by atoms with E-state index in [2.05, 4.69) is 21.3 Å². The molecule has 224 valence electrons. The number of aliphatic hydroxyl groups is 1. The van der Waals surface area contributed by atoms with Crippen molar-refractivity contribution in [2.45, 2.75) is 70.2 Å². The van der Waals surface area contributed by atoms with E-state index in [1.165, 1.54) is 30.8 Å². The summed E-state index contributed by atoms with van der Waals surface area (Å²) >= 11 is 1.41. The van der Waals surface area contributed by atoms with E-state index in [4.69, 9.17) is 10.8 Å². The van der Waals surface area contributed by atoms with Crippen molar-refractivity contribution in [2.75, 3.05) is 18.6 Å². The number of benzene rings is 1. The monoisotopic (exact) mass is 583 g/mol. The zero-order valence-corrected chi connectivity index (χ0v) is 24.0. The molecule has 0 saturated heterocycles. The zero-order valence-electron chi connectivity index (χ0n) is 23.2. The summed E-state index contributed by atoms with van der Waals surface area (Å²) in [5, 5.41) is 37.7. The van der Waals surface area contributed by atoms with Crippen molar-refractivity contribution in [1.82, 2.24) is 21.3 Å². The minimum absolute atomic E-state index is 0.0339. The van der Waals surface area contributed by atoms with Gasteiger partial charge in [-0.1, -0.05) is 32.4 Å². The Morgan fingerprint density at radius 2 is 1.43 bits per heavy atom. The number of phenolic OH excluding ortho intramolecular Hbond substituents is 1. The first-order chi connectivity index (χ1) is 18.8. The number of hydrogen-bond acceptors (Lipinski definition) is 9. The average molecular weight is 584 g/mol. The second-order valence-electron chi connectivity index (χ2n) is 9.50. The number of thioether (sulfide) groups is 1. The van der Waals surface area contributed by atoms with Crippen molar-refractivity contribution < 1.29 is 39.3 Å². The third-order valence-electron chi connectivity index (χ3n) is 6.36. The lowest BCUT2D eigenvalue weighted by atomic mass is 9.98. The highest BCUT2D eigenvalue weighted by atomic mass is 32.2. The fourth-order valence-corrected chi connectivity index (χ4v) is 3.97. The Bertz CT molecular complexity index is 1010. The average Bonchev–Trinajstić information content (AvgIpc) is 2.92. The molecule has 40 heavy (non-hydrogen) atoms. The first-order valence-corrected chi connectivity index (χ1v) is 14.3. The lowest BCUT2D eigenvalue weighted by Gasteiger charge is -2.25. The van der Waals surface area contributed by atoms with Crippen LogP contribution in [0.1, 0.15) is 39.2 Å². The van der Waals surface area contributed by atoms with Crippen molar-refractivity contribution in [3.8, 4) is 5.75 Å². The van der Waals surface area contributed by atoms with E-state index >= 15 is 0 Å². The normalized spacial score (nSPS) is 15.4. The van der Waals surface area contributed by atoms with E-state index in [1.54, 1.807) is 18.4 Å². The van der Waals surface area contributed by atoms with Gasteiger partial charge in [0, 0.05) is 6.42 Å². The molecule has 0 aliphatic carbocycles. The molecule has 4 amide bonds. The molecule has 14 heteroatoms. The van der Waals surface area contributed by atoms with E-state index in [-0.39, 0.29) is 24.5 Å². The Kier molecular flexibility index (Phi) is 15.0.